The lowest BCUT2D eigenvalue weighted by atomic mass is 10.1. The van der Waals surface area contributed by atoms with E-state index >= 15 is 0 Å². The summed E-state index contributed by atoms with van der Waals surface area (Å²) in [5.41, 5.74) is 0.565. The Morgan fingerprint density at radius 3 is 2.61 bits per heavy atom. The number of carbonyl (C=O) groups is 2. The fraction of sp³-hybridized carbons (Fsp3) is 0.591. The number of rotatable bonds is 7. The second-order valence-electron chi connectivity index (χ2n) is 7.88. The number of nitrogens with zero attached hydrogens (tertiary/aromatic N) is 2. The maximum absolute atomic E-state index is 12.6. The van der Waals surface area contributed by atoms with Gasteiger partial charge in [0.2, 0.25) is 5.91 Å². The van der Waals surface area contributed by atoms with E-state index in [1.807, 2.05) is 4.90 Å². The first kappa shape index (κ1) is 25.2. The van der Waals surface area contributed by atoms with Crippen molar-refractivity contribution < 1.29 is 14.3 Å². The number of likely N-dealkylation sites (tertiary alicyclic amines) is 1. The number of hydrogen-bond acceptors (Lipinski definition) is 4. The first-order valence-electron chi connectivity index (χ1n) is 10.8. The third kappa shape index (κ3) is 7.26. The van der Waals surface area contributed by atoms with Gasteiger partial charge in [0, 0.05) is 50.7 Å². The van der Waals surface area contributed by atoms with Crippen LogP contribution < -0.4 is 20.7 Å². The Morgan fingerprint density at radius 1 is 1.16 bits per heavy atom. The quantitative estimate of drug-likeness (QED) is 0.212. The summed E-state index contributed by atoms with van der Waals surface area (Å²) in [6.45, 7) is 2.55. The van der Waals surface area contributed by atoms with E-state index in [2.05, 4.69) is 20.9 Å². The van der Waals surface area contributed by atoms with E-state index in [9.17, 15) is 9.59 Å². The number of guanidine groups is 1. The number of ether oxygens (including phenoxy) is 1. The molecule has 3 N–H and O–H groups in total. The average Bonchev–Trinajstić information content (AvgIpc) is 3.47. The number of halogens is 1. The molecule has 1 aliphatic heterocycles. The topological polar surface area (TPSA) is 95.1 Å². The van der Waals surface area contributed by atoms with E-state index < -0.39 is 0 Å². The number of hydrogen-bond donors (Lipinski definition) is 3. The molecule has 2 fully saturated rings. The molecule has 0 radical (unpaired) electrons. The van der Waals surface area contributed by atoms with E-state index in [0.717, 1.165) is 32.4 Å². The summed E-state index contributed by atoms with van der Waals surface area (Å²) in [7, 11) is 3.30. The van der Waals surface area contributed by atoms with Crippen LogP contribution in [0.15, 0.2) is 29.3 Å². The first-order valence-corrected chi connectivity index (χ1v) is 10.8. The van der Waals surface area contributed by atoms with Crippen LogP contribution in [0.5, 0.6) is 5.75 Å². The van der Waals surface area contributed by atoms with Crippen LogP contribution in [0.2, 0.25) is 0 Å². The molecule has 1 aliphatic carbocycles. The molecule has 9 heteroatoms. The summed E-state index contributed by atoms with van der Waals surface area (Å²) in [5, 5.41) is 9.50. The molecular formula is C22H34IN5O3. The predicted molar refractivity (Wildman–Crippen MR) is 132 cm³/mol. The van der Waals surface area contributed by atoms with E-state index in [1.54, 1.807) is 38.4 Å². The molecule has 8 nitrogen and oxygen atoms in total. The molecule has 2 amide bonds. The largest absolute Gasteiger partial charge is 0.497 e. The molecule has 172 valence electrons. The van der Waals surface area contributed by atoms with Gasteiger partial charge in [-0.2, -0.15) is 0 Å². The molecule has 3 rings (SSSR count). The summed E-state index contributed by atoms with van der Waals surface area (Å²) in [6, 6.07) is 7.26. The normalized spacial score (nSPS) is 19.0. The van der Waals surface area contributed by atoms with E-state index in [-0.39, 0.29) is 41.8 Å². The Labute approximate surface area is 201 Å². The van der Waals surface area contributed by atoms with Gasteiger partial charge in [-0.3, -0.25) is 14.6 Å². The molecule has 31 heavy (non-hydrogen) atoms. The van der Waals surface area contributed by atoms with Crippen molar-refractivity contribution in [2.45, 2.75) is 38.1 Å². The van der Waals surface area contributed by atoms with Gasteiger partial charge in [-0.15, -0.1) is 24.0 Å². The van der Waals surface area contributed by atoms with Gasteiger partial charge < -0.3 is 25.6 Å². The Kier molecular flexibility index (Phi) is 10.4. The molecule has 0 bridgehead atoms. The minimum absolute atomic E-state index is 0. The zero-order valence-corrected chi connectivity index (χ0v) is 20.7. The van der Waals surface area contributed by atoms with Gasteiger partial charge >= 0.3 is 0 Å². The summed E-state index contributed by atoms with van der Waals surface area (Å²) in [4.78, 5) is 31.1. The number of methoxy groups -OCH3 is 1. The van der Waals surface area contributed by atoms with Crippen LogP contribution >= 0.6 is 24.0 Å². The Morgan fingerprint density at radius 2 is 1.90 bits per heavy atom. The van der Waals surface area contributed by atoms with Crippen molar-refractivity contribution in [2.24, 2.45) is 10.9 Å². The molecule has 0 aromatic heterocycles. The maximum Gasteiger partial charge on any atom is 0.251 e. The summed E-state index contributed by atoms with van der Waals surface area (Å²) in [5.74, 6) is 1.75. The molecule has 1 saturated carbocycles. The van der Waals surface area contributed by atoms with E-state index in [1.165, 1.54) is 12.8 Å². The third-order valence-corrected chi connectivity index (χ3v) is 5.80. The lowest BCUT2D eigenvalue weighted by molar-refractivity contribution is -0.134. The number of amides is 2. The summed E-state index contributed by atoms with van der Waals surface area (Å²) >= 11 is 0. The minimum atomic E-state index is -0.143. The third-order valence-electron chi connectivity index (χ3n) is 5.80. The van der Waals surface area contributed by atoms with Crippen LogP contribution in [-0.2, 0) is 4.79 Å². The number of aliphatic imine (C=N–C) groups is 1. The predicted octanol–water partition coefficient (Wildman–Crippen LogP) is 2.00. The molecule has 2 aliphatic rings. The van der Waals surface area contributed by atoms with Gasteiger partial charge in [0.05, 0.1) is 7.11 Å². The first-order chi connectivity index (χ1) is 14.6. The van der Waals surface area contributed by atoms with Crippen molar-refractivity contribution in [3.8, 4) is 5.75 Å². The van der Waals surface area contributed by atoms with Gasteiger partial charge in [-0.25, -0.2) is 0 Å². The zero-order chi connectivity index (χ0) is 21.3. The monoisotopic (exact) mass is 543 g/mol. The second kappa shape index (κ2) is 12.7. The number of benzene rings is 1. The molecule has 1 aromatic carbocycles. The van der Waals surface area contributed by atoms with Crippen LogP contribution in [0.3, 0.4) is 0 Å². The second-order valence-corrected chi connectivity index (χ2v) is 7.88. The van der Waals surface area contributed by atoms with Crippen molar-refractivity contribution in [1.29, 1.82) is 0 Å². The number of nitrogens with one attached hydrogen (secondary N) is 3. The smallest absolute Gasteiger partial charge is 0.251 e. The molecule has 0 spiro atoms. The Balaban J connectivity index is 0.00000341. The van der Waals surface area contributed by atoms with Gasteiger partial charge in [-0.05, 0) is 37.5 Å². The van der Waals surface area contributed by atoms with Crippen molar-refractivity contribution >= 4 is 41.8 Å². The van der Waals surface area contributed by atoms with Gasteiger partial charge in [0.1, 0.15) is 5.75 Å². The molecular weight excluding hydrogens is 509 g/mol. The highest BCUT2D eigenvalue weighted by Gasteiger charge is 2.32. The van der Waals surface area contributed by atoms with Crippen LogP contribution in [-0.4, -0.2) is 69.1 Å². The fourth-order valence-electron chi connectivity index (χ4n) is 4.12. The van der Waals surface area contributed by atoms with Crippen LogP contribution in [0.25, 0.3) is 0 Å². The van der Waals surface area contributed by atoms with Gasteiger partial charge in [-0.1, -0.05) is 18.9 Å². The number of carbonyl (C=O) groups excluding carboxylic acids is 2. The summed E-state index contributed by atoms with van der Waals surface area (Å²) < 4.78 is 5.15. The van der Waals surface area contributed by atoms with Gasteiger partial charge in [0.15, 0.2) is 5.96 Å². The fourth-order valence-corrected chi connectivity index (χ4v) is 4.12. The van der Waals surface area contributed by atoms with Crippen molar-refractivity contribution in [3.63, 3.8) is 0 Å². The Bertz CT molecular complexity index is 767. The highest BCUT2D eigenvalue weighted by Crippen LogP contribution is 2.27. The highest BCUT2D eigenvalue weighted by molar-refractivity contribution is 14.0. The van der Waals surface area contributed by atoms with Crippen LogP contribution in [0.1, 0.15) is 42.5 Å². The lowest BCUT2D eigenvalue weighted by Gasteiger charge is -2.21. The van der Waals surface area contributed by atoms with Crippen molar-refractivity contribution in [3.05, 3.63) is 29.8 Å². The molecule has 1 unspecified atom stereocenters. The van der Waals surface area contributed by atoms with Crippen LogP contribution in [0.4, 0.5) is 0 Å². The molecule has 1 aromatic rings. The maximum atomic E-state index is 12.6. The van der Waals surface area contributed by atoms with Crippen molar-refractivity contribution in [1.82, 2.24) is 20.9 Å². The minimum Gasteiger partial charge on any atom is -0.497 e. The zero-order valence-electron chi connectivity index (χ0n) is 18.4. The lowest BCUT2D eigenvalue weighted by Crippen LogP contribution is -2.47. The molecule has 1 atom stereocenters. The van der Waals surface area contributed by atoms with Gasteiger partial charge in [0.25, 0.3) is 5.91 Å². The highest BCUT2D eigenvalue weighted by atomic mass is 127. The summed E-state index contributed by atoms with van der Waals surface area (Å²) in [6.07, 6.45) is 5.36. The molecule has 1 heterocycles. The SMILES string of the molecule is CN=C(NCCNC(=O)c1cccc(OC)c1)NC1CCN(C(=O)C2CCCC2)C1.I. The van der Waals surface area contributed by atoms with E-state index in [4.69, 9.17) is 4.74 Å². The standard InChI is InChI=1S/C22H33N5O3.HI/c1-23-22(25-12-11-24-20(28)17-8-5-9-19(14-17)30-2)26-18-10-13-27(15-18)21(29)16-6-3-4-7-16;/h5,8-9,14,16,18H,3-4,6-7,10-13,15H2,1-2H3,(H,24,28)(H2,23,25,26);1H. The van der Waals surface area contributed by atoms with Crippen LogP contribution in [0, 0.1) is 5.92 Å². The average molecular weight is 543 g/mol. The Hall–Kier alpha value is -2.04. The molecule has 1 saturated heterocycles. The van der Waals surface area contributed by atoms with Crippen molar-refractivity contribution in [2.75, 3.05) is 40.3 Å². The van der Waals surface area contributed by atoms with E-state index in [0.29, 0.717) is 36.3 Å².